The van der Waals surface area contributed by atoms with Gasteiger partial charge in [-0.1, -0.05) is 316 Å². The molecule has 0 radical (unpaired) electrons. The maximum absolute atomic E-state index is 12.9. The zero-order chi connectivity index (χ0) is 59.2. The highest BCUT2D eigenvalue weighted by Crippen LogP contribution is 2.17. The Morgan fingerprint density at radius 3 is 0.744 bits per heavy atom. The first-order valence-electron chi connectivity index (χ1n) is 34.9. The van der Waals surface area contributed by atoms with Gasteiger partial charge in [0.15, 0.2) is 6.10 Å². The monoisotopic (exact) mass is 1140 g/mol. The summed E-state index contributed by atoms with van der Waals surface area (Å²) < 4.78 is 16.9. The second-order valence-corrected chi connectivity index (χ2v) is 23.1. The summed E-state index contributed by atoms with van der Waals surface area (Å²) in [6.07, 6.45) is 95.4. The molecule has 0 saturated heterocycles. The number of rotatable bonds is 63. The number of hydrogen-bond donors (Lipinski definition) is 0. The zero-order valence-corrected chi connectivity index (χ0v) is 54.0. The average Bonchev–Trinajstić information content (AvgIpc) is 3.48. The van der Waals surface area contributed by atoms with Gasteiger partial charge in [0, 0.05) is 19.3 Å². The van der Waals surface area contributed by atoms with Crippen LogP contribution in [0.25, 0.3) is 0 Å². The van der Waals surface area contributed by atoms with E-state index in [1.807, 2.05) is 0 Å². The molecule has 0 aromatic heterocycles. The normalized spacial score (nSPS) is 12.8. The highest BCUT2D eigenvalue weighted by molar-refractivity contribution is 5.71. The third-order valence-corrected chi connectivity index (χ3v) is 15.0. The smallest absolute Gasteiger partial charge is 0.306 e. The Bertz CT molecular complexity index is 1640. The minimum absolute atomic E-state index is 0.0772. The van der Waals surface area contributed by atoms with Crippen molar-refractivity contribution in [1.82, 2.24) is 0 Å². The van der Waals surface area contributed by atoms with Crippen molar-refractivity contribution in [3.63, 3.8) is 0 Å². The van der Waals surface area contributed by atoms with Crippen molar-refractivity contribution < 1.29 is 28.6 Å². The molecule has 0 bridgehead atoms. The van der Waals surface area contributed by atoms with Crippen LogP contribution in [-0.2, 0) is 28.6 Å². The number of carbonyl (C=O) groups excluding carboxylic acids is 3. The van der Waals surface area contributed by atoms with Gasteiger partial charge in [-0.25, -0.2) is 0 Å². The van der Waals surface area contributed by atoms with Crippen LogP contribution in [0.15, 0.2) is 109 Å². The van der Waals surface area contributed by atoms with E-state index in [-0.39, 0.29) is 31.1 Å². The van der Waals surface area contributed by atoms with Gasteiger partial charge < -0.3 is 14.2 Å². The molecule has 0 aliphatic rings. The summed E-state index contributed by atoms with van der Waals surface area (Å²) in [4.78, 5) is 38.3. The fourth-order valence-electron chi connectivity index (χ4n) is 9.81. The number of carbonyl (C=O) groups is 3. The summed E-state index contributed by atoms with van der Waals surface area (Å²) in [5.41, 5.74) is 0. The zero-order valence-electron chi connectivity index (χ0n) is 54.0. The maximum atomic E-state index is 12.9. The maximum Gasteiger partial charge on any atom is 0.306 e. The third-order valence-electron chi connectivity index (χ3n) is 15.0. The average molecular weight is 1140 g/mol. The lowest BCUT2D eigenvalue weighted by atomic mass is 10.0. The number of ether oxygens (including phenoxy) is 3. The molecule has 0 aliphatic heterocycles. The quantitative estimate of drug-likeness (QED) is 0.0261. The Balaban J connectivity index is 4.19. The van der Waals surface area contributed by atoms with Crippen LogP contribution in [-0.4, -0.2) is 37.2 Å². The Morgan fingerprint density at radius 2 is 0.476 bits per heavy atom. The van der Waals surface area contributed by atoms with Gasteiger partial charge in [-0.3, -0.25) is 14.4 Å². The van der Waals surface area contributed by atoms with Gasteiger partial charge in [0.2, 0.25) is 0 Å². The Labute approximate surface area is 508 Å². The molecule has 6 heteroatoms. The van der Waals surface area contributed by atoms with E-state index in [1.54, 1.807) is 0 Å². The van der Waals surface area contributed by atoms with Crippen LogP contribution in [0.5, 0.6) is 0 Å². The van der Waals surface area contributed by atoms with Gasteiger partial charge in [0.05, 0.1) is 0 Å². The predicted molar refractivity (Wildman–Crippen MR) is 357 cm³/mol. The summed E-state index contributed by atoms with van der Waals surface area (Å²) in [7, 11) is 0. The predicted octanol–water partition coefficient (Wildman–Crippen LogP) is 24.2. The molecule has 82 heavy (non-hydrogen) atoms. The second kappa shape index (κ2) is 69.6. The first-order chi connectivity index (χ1) is 40.5. The number of unbranched alkanes of at least 4 members (excludes halogenated alkanes) is 34. The van der Waals surface area contributed by atoms with Gasteiger partial charge in [-0.15, -0.1) is 0 Å². The van der Waals surface area contributed by atoms with Crippen LogP contribution in [0.4, 0.5) is 0 Å². The van der Waals surface area contributed by atoms with E-state index in [2.05, 4.69) is 130 Å². The first-order valence-corrected chi connectivity index (χ1v) is 34.9. The Kier molecular flexibility index (Phi) is 66.2. The molecule has 0 rings (SSSR count). The summed E-state index contributed by atoms with van der Waals surface area (Å²) in [5.74, 6) is -0.874. The third kappa shape index (κ3) is 66.9. The molecular weight excluding hydrogens is 1010 g/mol. The molecule has 0 heterocycles. The highest BCUT2D eigenvalue weighted by atomic mass is 16.6. The summed E-state index contributed by atoms with van der Waals surface area (Å²) in [5, 5.41) is 0. The number of hydrogen-bond acceptors (Lipinski definition) is 6. The molecule has 470 valence electrons. The fourth-order valence-corrected chi connectivity index (χ4v) is 9.81. The molecule has 0 aliphatic carbocycles. The SMILES string of the molecule is CC/C=C\C/C=C\C/C=C\C/C=C\C/C=C\C/C=C\C/C=C\CCCCCCCCCCCCCC(=O)OCC(COC(=O)CCCCCCCCCCCC)OC(=O)CCCCCCCCCCC/C=C\C/C=C\CCCCCCC. The molecule has 0 spiro atoms. The minimum Gasteiger partial charge on any atom is -0.462 e. The van der Waals surface area contributed by atoms with E-state index in [9.17, 15) is 14.4 Å². The van der Waals surface area contributed by atoms with Crippen LogP contribution < -0.4 is 0 Å². The van der Waals surface area contributed by atoms with Crippen LogP contribution in [0.3, 0.4) is 0 Å². The van der Waals surface area contributed by atoms with Gasteiger partial charge in [0.25, 0.3) is 0 Å². The number of esters is 3. The van der Waals surface area contributed by atoms with Crippen LogP contribution in [0.2, 0.25) is 0 Å². The molecule has 6 nitrogen and oxygen atoms in total. The molecule has 0 fully saturated rings. The first kappa shape index (κ1) is 78.1. The summed E-state index contributed by atoms with van der Waals surface area (Å²) >= 11 is 0. The standard InChI is InChI=1S/C76H130O6/c1-4-7-10-13-16-19-22-24-26-28-30-32-33-34-35-36-37-38-39-40-41-42-43-45-46-48-50-52-54-57-60-63-66-69-75(78)81-72-73(71-80-74(77)68-65-62-59-56-21-18-15-12-9-6-3)82-76(79)70-67-64-61-58-55-53-51-49-47-44-31-29-27-25-23-20-17-14-11-8-5-2/h7,10,16,19,23-26,29-32,34-35,37-38,40-41,73H,4-6,8-9,11-15,17-18,20-22,27-28,33,36,39,42-72H2,1-3H3/b10-7-,19-16-,25-23-,26-24-,31-29-,32-30-,35-34-,38-37-,41-40-. The fraction of sp³-hybridized carbons (Fsp3) is 0.724. The van der Waals surface area contributed by atoms with Gasteiger partial charge in [-0.2, -0.15) is 0 Å². The van der Waals surface area contributed by atoms with E-state index in [0.29, 0.717) is 19.3 Å². The minimum atomic E-state index is -0.781. The van der Waals surface area contributed by atoms with Crippen molar-refractivity contribution in [3.05, 3.63) is 109 Å². The lowest BCUT2D eigenvalue weighted by Crippen LogP contribution is -2.30. The Morgan fingerprint density at radius 1 is 0.256 bits per heavy atom. The van der Waals surface area contributed by atoms with E-state index < -0.39 is 6.10 Å². The summed E-state index contributed by atoms with van der Waals surface area (Å²) in [6, 6.07) is 0. The largest absolute Gasteiger partial charge is 0.462 e. The van der Waals surface area contributed by atoms with Crippen molar-refractivity contribution in [2.24, 2.45) is 0 Å². The van der Waals surface area contributed by atoms with Gasteiger partial charge in [0.1, 0.15) is 13.2 Å². The molecule has 0 aromatic rings. The lowest BCUT2D eigenvalue weighted by molar-refractivity contribution is -0.167. The molecule has 0 N–H and O–H groups in total. The van der Waals surface area contributed by atoms with Gasteiger partial charge in [-0.05, 0) is 109 Å². The van der Waals surface area contributed by atoms with E-state index >= 15 is 0 Å². The Hall–Kier alpha value is -3.93. The molecule has 1 atom stereocenters. The molecule has 0 saturated carbocycles. The van der Waals surface area contributed by atoms with E-state index in [0.717, 1.165) is 109 Å². The molecule has 1 unspecified atom stereocenters. The van der Waals surface area contributed by atoms with Crippen molar-refractivity contribution in [2.75, 3.05) is 13.2 Å². The molecule has 0 aromatic carbocycles. The topological polar surface area (TPSA) is 78.9 Å². The van der Waals surface area contributed by atoms with Crippen molar-refractivity contribution in [3.8, 4) is 0 Å². The van der Waals surface area contributed by atoms with Crippen LogP contribution in [0.1, 0.15) is 335 Å². The van der Waals surface area contributed by atoms with Gasteiger partial charge >= 0.3 is 17.9 Å². The highest BCUT2D eigenvalue weighted by Gasteiger charge is 2.19. The van der Waals surface area contributed by atoms with E-state index in [4.69, 9.17) is 14.2 Å². The van der Waals surface area contributed by atoms with Crippen molar-refractivity contribution in [1.29, 1.82) is 0 Å². The van der Waals surface area contributed by atoms with Crippen LogP contribution >= 0.6 is 0 Å². The van der Waals surface area contributed by atoms with Crippen LogP contribution in [0, 0.1) is 0 Å². The molecular formula is C76H130O6. The number of allylic oxidation sites excluding steroid dienone is 18. The van der Waals surface area contributed by atoms with Crippen molar-refractivity contribution in [2.45, 2.75) is 341 Å². The summed E-state index contributed by atoms with van der Waals surface area (Å²) in [6.45, 7) is 6.53. The lowest BCUT2D eigenvalue weighted by Gasteiger charge is -2.18. The second-order valence-electron chi connectivity index (χ2n) is 23.1. The van der Waals surface area contributed by atoms with E-state index in [1.165, 1.54) is 186 Å². The van der Waals surface area contributed by atoms with Crippen molar-refractivity contribution >= 4 is 17.9 Å². The molecule has 0 amide bonds.